The van der Waals surface area contributed by atoms with Crippen molar-refractivity contribution in [2.24, 2.45) is 0 Å². The van der Waals surface area contributed by atoms with E-state index in [2.05, 4.69) is 17.2 Å². The molecule has 3 heteroatoms. The van der Waals surface area contributed by atoms with E-state index in [4.69, 9.17) is 4.84 Å². The van der Waals surface area contributed by atoms with Crippen LogP contribution in [0.5, 0.6) is 0 Å². The molecule has 14 heavy (non-hydrogen) atoms. The van der Waals surface area contributed by atoms with Crippen molar-refractivity contribution >= 4 is 0 Å². The monoisotopic (exact) mass is 201 g/mol. The number of hydroxylamine groups is 2. The van der Waals surface area contributed by atoms with Gasteiger partial charge < -0.3 is 5.48 Å². The minimum Gasteiger partial charge on any atom is -0.412 e. The average Bonchev–Trinajstić information content (AvgIpc) is 2.21. The molecule has 1 aliphatic heterocycles. The fourth-order valence-electron chi connectivity index (χ4n) is 2.06. The third-order valence-corrected chi connectivity index (χ3v) is 2.77. The fraction of sp³-hybridized carbons (Fsp3) is 0.818. The fourth-order valence-corrected chi connectivity index (χ4v) is 2.06. The van der Waals surface area contributed by atoms with Gasteiger partial charge in [-0.25, -0.2) is 0 Å². The van der Waals surface area contributed by atoms with Crippen LogP contribution in [0.25, 0.3) is 0 Å². The molecule has 3 nitrogen and oxygen atoms in total. The smallest absolute Gasteiger partial charge is 0.0867 e. The van der Waals surface area contributed by atoms with Crippen LogP contribution < -0.4 is 0 Å². The first-order valence-electron chi connectivity index (χ1n) is 5.01. The first-order chi connectivity index (χ1) is 5.97. The molecule has 0 saturated heterocycles. The van der Waals surface area contributed by atoms with E-state index in [1.54, 1.807) is 0 Å². The molecule has 0 unspecified atom stereocenters. The molecular formula is C11H23NO2. The maximum atomic E-state index is 5.56. The number of hydrogen-bond donors (Lipinski definition) is 0. The first-order valence-corrected chi connectivity index (χ1v) is 5.01. The summed E-state index contributed by atoms with van der Waals surface area (Å²) >= 11 is 0. The molecule has 1 heterocycles. The van der Waals surface area contributed by atoms with Crippen LogP contribution in [0, 0.1) is 0 Å². The molecule has 0 aromatic carbocycles. The van der Waals surface area contributed by atoms with Gasteiger partial charge in [-0.05, 0) is 12.8 Å². The topological polar surface area (TPSA) is 44.0 Å². The SMILES string of the molecule is C.C1=CCN(C2CCCCC2)OC1.O. The largest absolute Gasteiger partial charge is 0.412 e. The Morgan fingerprint density at radius 2 is 1.79 bits per heavy atom. The van der Waals surface area contributed by atoms with Crippen molar-refractivity contribution in [2.75, 3.05) is 13.2 Å². The summed E-state index contributed by atoms with van der Waals surface area (Å²) in [6.07, 6.45) is 11.1. The van der Waals surface area contributed by atoms with Crippen molar-refractivity contribution in [1.82, 2.24) is 5.06 Å². The Labute approximate surface area is 87.0 Å². The van der Waals surface area contributed by atoms with E-state index in [1.165, 1.54) is 32.1 Å². The van der Waals surface area contributed by atoms with Gasteiger partial charge in [-0.3, -0.25) is 4.84 Å². The molecule has 0 aromatic heterocycles. The van der Waals surface area contributed by atoms with E-state index in [0.29, 0.717) is 6.04 Å². The zero-order valence-electron chi connectivity index (χ0n) is 8.04. The molecule has 84 valence electrons. The van der Waals surface area contributed by atoms with Crippen LogP contribution in [0.15, 0.2) is 12.2 Å². The summed E-state index contributed by atoms with van der Waals surface area (Å²) < 4.78 is 0. The second kappa shape index (κ2) is 6.98. The molecule has 1 fully saturated rings. The molecule has 2 N–H and O–H groups in total. The number of nitrogens with zero attached hydrogens (tertiary/aromatic N) is 1. The van der Waals surface area contributed by atoms with Crippen molar-refractivity contribution in [3.05, 3.63) is 12.2 Å². The maximum Gasteiger partial charge on any atom is 0.0867 e. The van der Waals surface area contributed by atoms with Crippen LogP contribution in [0.3, 0.4) is 0 Å². The van der Waals surface area contributed by atoms with Gasteiger partial charge in [0.25, 0.3) is 0 Å². The highest BCUT2D eigenvalue weighted by molar-refractivity contribution is 4.88. The van der Waals surface area contributed by atoms with Crippen LogP contribution in [0.1, 0.15) is 39.5 Å². The van der Waals surface area contributed by atoms with Gasteiger partial charge in [0.05, 0.1) is 6.61 Å². The zero-order chi connectivity index (χ0) is 8.23. The number of rotatable bonds is 1. The molecule has 0 aromatic rings. The normalized spacial score (nSPS) is 23.7. The van der Waals surface area contributed by atoms with E-state index in [0.717, 1.165) is 13.2 Å². The maximum absolute atomic E-state index is 5.56. The number of hydrogen-bond acceptors (Lipinski definition) is 2. The summed E-state index contributed by atoms with van der Waals surface area (Å²) in [4.78, 5) is 5.56. The van der Waals surface area contributed by atoms with Crippen molar-refractivity contribution in [3.63, 3.8) is 0 Å². The van der Waals surface area contributed by atoms with Gasteiger partial charge in [0, 0.05) is 12.6 Å². The molecule has 0 amide bonds. The van der Waals surface area contributed by atoms with E-state index < -0.39 is 0 Å². The van der Waals surface area contributed by atoms with E-state index in [1.807, 2.05) is 0 Å². The van der Waals surface area contributed by atoms with Gasteiger partial charge in [-0.15, -0.1) is 0 Å². The summed E-state index contributed by atoms with van der Waals surface area (Å²) in [5, 5.41) is 2.17. The Balaban J connectivity index is 0.000000845. The Kier molecular flexibility index (Phi) is 6.79. The minimum atomic E-state index is 0. The third kappa shape index (κ3) is 3.40. The molecule has 2 rings (SSSR count). The van der Waals surface area contributed by atoms with E-state index in [-0.39, 0.29) is 12.9 Å². The van der Waals surface area contributed by atoms with E-state index in [9.17, 15) is 0 Å². The van der Waals surface area contributed by atoms with Gasteiger partial charge in [0.15, 0.2) is 0 Å². The van der Waals surface area contributed by atoms with Crippen LogP contribution in [-0.4, -0.2) is 29.7 Å². The minimum absolute atomic E-state index is 0. The second-order valence-corrected chi connectivity index (χ2v) is 3.66. The first kappa shape index (κ1) is 13.6. The summed E-state index contributed by atoms with van der Waals surface area (Å²) in [5.41, 5.74) is 0. The Hall–Kier alpha value is -0.380. The summed E-state index contributed by atoms with van der Waals surface area (Å²) in [6.45, 7) is 1.77. The zero-order valence-corrected chi connectivity index (χ0v) is 8.04. The van der Waals surface area contributed by atoms with Gasteiger partial charge in [0.2, 0.25) is 0 Å². The van der Waals surface area contributed by atoms with Crippen LogP contribution >= 0.6 is 0 Å². The molecule has 0 bridgehead atoms. The molecule has 0 atom stereocenters. The highest BCUT2D eigenvalue weighted by atomic mass is 16.7. The van der Waals surface area contributed by atoms with Crippen molar-refractivity contribution < 1.29 is 10.3 Å². The van der Waals surface area contributed by atoms with Crippen molar-refractivity contribution in [1.29, 1.82) is 0 Å². The predicted molar refractivity (Wildman–Crippen MR) is 59.0 cm³/mol. The lowest BCUT2D eigenvalue weighted by Crippen LogP contribution is -2.38. The quantitative estimate of drug-likeness (QED) is 0.608. The molecular weight excluding hydrogens is 178 g/mol. The standard InChI is InChI=1S/C10H17NO.CH4.H2O/c1-2-6-10(7-3-1)11-8-4-5-9-12-11;;/h4-5,10H,1-3,6-9H2;1H4;1H2. The van der Waals surface area contributed by atoms with Crippen LogP contribution in [-0.2, 0) is 4.84 Å². The highest BCUT2D eigenvalue weighted by Gasteiger charge is 2.21. The summed E-state index contributed by atoms with van der Waals surface area (Å²) in [7, 11) is 0. The highest BCUT2D eigenvalue weighted by Crippen LogP contribution is 2.23. The van der Waals surface area contributed by atoms with E-state index >= 15 is 0 Å². The lowest BCUT2D eigenvalue weighted by Gasteiger charge is -2.33. The lowest BCUT2D eigenvalue weighted by atomic mass is 9.95. The predicted octanol–water partition coefficient (Wildman–Crippen LogP) is 1.93. The van der Waals surface area contributed by atoms with Crippen LogP contribution in [0.4, 0.5) is 0 Å². The van der Waals surface area contributed by atoms with Gasteiger partial charge in [-0.1, -0.05) is 38.8 Å². The van der Waals surface area contributed by atoms with Crippen LogP contribution in [0.2, 0.25) is 0 Å². The molecule has 1 saturated carbocycles. The Morgan fingerprint density at radius 1 is 1.07 bits per heavy atom. The average molecular weight is 201 g/mol. The Morgan fingerprint density at radius 3 is 2.36 bits per heavy atom. The van der Waals surface area contributed by atoms with Gasteiger partial charge in [-0.2, -0.15) is 5.06 Å². The van der Waals surface area contributed by atoms with Crippen molar-refractivity contribution in [2.45, 2.75) is 45.6 Å². The molecule has 0 spiro atoms. The van der Waals surface area contributed by atoms with Crippen molar-refractivity contribution in [3.8, 4) is 0 Å². The third-order valence-electron chi connectivity index (χ3n) is 2.77. The molecule has 1 aliphatic carbocycles. The molecule has 0 radical (unpaired) electrons. The lowest BCUT2D eigenvalue weighted by molar-refractivity contribution is -0.181. The Bertz CT molecular complexity index is 165. The van der Waals surface area contributed by atoms with Gasteiger partial charge >= 0.3 is 0 Å². The molecule has 2 aliphatic rings. The summed E-state index contributed by atoms with van der Waals surface area (Å²) in [5.74, 6) is 0. The van der Waals surface area contributed by atoms with Gasteiger partial charge in [0.1, 0.15) is 0 Å². The summed E-state index contributed by atoms with van der Waals surface area (Å²) in [6, 6.07) is 0.698. The second-order valence-electron chi connectivity index (χ2n) is 3.66.